The molecule has 0 radical (unpaired) electrons. The number of fused-ring (bicyclic) bond motifs is 1. The molecule has 2 aromatic rings. The Morgan fingerprint density at radius 2 is 1.89 bits per heavy atom. The summed E-state index contributed by atoms with van der Waals surface area (Å²) in [7, 11) is -3.17. The average molecular weight is 418 g/mol. The molecule has 1 aliphatic carbocycles. The number of carbonyl (C=O) groups excluding carboxylic acids is 1. The normalized spacial score (nSPS) is 18.8. The molecular formula is C20H23N3O3S2. The summed E-state index contributed by atoms with van der Waals surface area (Å²) in [5, 5.41) is 3.51. The quantitative estimate of drug-likeness (QED) is 0.609. The molecule has 28 heavy (non-hydrogen) atoms. The van der Waals surface area contributed by atoms with E-state index in [2.05, 4.69) is 10.3 Å². The van der Waals surface area contributed by atoms with Gasteiger partial charge in [0.25, 0.3) is 0 Å². The van der Waals surface area contributed by atoms with Crippen molar-refractivity contribution >= 4 is 44.2 Å². The maximum absolute atomic E-state index is 12.2. The van der Waals surface area contributed by atoms with E-state index in [0.29, 0.717) is 23.8 Å². The SMILES string of the molecule is O=C(C=Cc1ccc(N2CCCS2(=O)=O)cc1)Nc1nc2c(s1)CCCCC2. The molecule has 2 aliphatic rings. The van der Waals surface area contributed by atoms with Crippen LogP contribution in [0.2, 0.25) is 0 Å². The van der Waals surface area contributed by atoms with E-state index < -0.39 is 10.0 Å². The van der Waals surface area contributed by atoms with E-state index >= 15 is 0 Å². The minimum Gasteiger partial charge on any atom is -0.298 e. The van der Waals surface area contributed by atoms with E-state index in [1.807, 2.05) is 12.1 Å². The first-order valence-corrected chi connectivity index (χ1v) is 12.0. The second kappa shape index (κ2) is 8.05. The number of nitrogens with zero attached hydrogens (tertiary/aromatic N) is 2. The molecule has 0 saturated carbocycles. The van der Waals surface area contributed by atoms with Gasteiger partial charge < -0.3 is 0 Å². The lowest BCUT2D eigenvalue weighted by Crippen LogP contribution is -2.24. The minimum atomic E-state index is -3.17. The molecule has 1 aromatic carbocycles. The van der Waals surface area contributed by atoms with Gasteiger partial charge in [0.2, 0.25) is 15.9 Å². The van der Waals surface area contributed by atoms with Gasteiger partial charge in [-0.2, -0.15) is 0 Å². The molecule has 1 aromatic heterocycles. The van der Waals surface area contributed by atoms with Crippen molar-refractivity contribution in [2.24, 2.45) is 0 Å². The van der Waals surface area contributed by atoms with Gasteiger partial charge in [-0.25, -0.2) is 13.4 Å². The summed E-state index contributed by atoms with van der Waals surface area (Å²) in [6.07, 6.45) is 9.51. The molecule has 148 valence electrons. The molecule has 4 rings (SSSR count). The first-order chi connectivity index (χ1) is 13.5. The number of benzene rings is 1. The summed E-state index contributed by atoms with van der Waals surface area (Å²) in [5.41, 5.74) is 2.64. The number of nitrogens with one attached hydrogen (secondary N) is 1. The van der Waals surface area contributed by atoms with Crippen molar-refractivity contribution in [3.8, 4) is 0 Å². The topological polar surface area (TPSA) is 79.4 Å². The summed E-state index contributed by atoms with van der Waals surface area (Å²) in [6.45, 7) is 0.526. The fourth-order valence-electron chi connectivity index (χ4n) is 3.58. The van der Waals surface area contributed by atoms with E-state index in [1.54, 1.807) is 29.5 Å². The summed E-state index contributed by atoms with van der Waals surface area (Å²) < 4.78 is 25.4. The predicted molar refractivity (Wildman–Crippen MR) is 113 cm³/mol. The molecule has 1 saturated heterocycles. The second-order valence-corrected chi connectivity index (χ2v) is 10.2. The van der Waals surface area contributed by atoms with Crippen molar-refractivity contribution in [2.45, 2.75) is 38.5 Å². The highest BCUT2D eigenvalue weighted by Crippen LogP contribution is 2.29. The summed E-state index contributed by atoms with van der Waals surface area (Å²) in [5.74, 6) is -0.00948. The van der Waals surface area contributed by atoms with Crippen LogP contribution in [0.25, 0.3) is 6.08 Å². The van der Waals surface area contributed by atoms with Crippen molar-refractivity contribution < 1.29 is 13.2 Å². The number of rotatable bonds is 4. The van der Waals surface area contributed by atoms with Gasteiger partial charge in [-0.05, 0) is 55.9 Å². The molecule has 1 N–H and O–H groups in total. The molecule has 1 amide bonds. The van der Waals surface area contributed by atoms with Crippen LogP contribution in [0.5, 0.6) is 0 Å². The lowest BCUT2D eigenvalue weighted by atomic mass is 10.2. The minimum absolute atomic E-state index is 0.203. The lowest BCUT2D eigenvalue weighted by Gasteiger charge is -2.16. The fourth-order valence-corrected chi connectivity index (χ4v) is 6.20. The third-order valence-electron chi connectivity index (χ3n) is 5.03. The molecule has 0 unspecified atom stereocenters. The summed E-state index contributed by atoms with van der Waals surface area (Å²) in [6, 6.07) is 7.19. The Balaban J connectivity index is 1.38. The van der Waals surface area contributed by atoms with Crippen LogP contribution in [0.1, 0.15) is 41.8 Å². The molecule has 6 nitrogen and oxygen atoms in total. The number of aromatic nitrogens is 1. The number of carbonyl (C=O) groups is 1. The zero-order valence-corrected chi connectivity index (χ0v) is 17.2. The van der Waals surface area contributed by atoms with Crippen LogP contribution in [-0.4, -0.2) is 31.6 Å². The first kappa shape index (κ1) is 19.1. The molecule has 8 heteroatoms. The van der Waals surface area contributed by atoms with Crippen molar-refractivity contribution in [1.29, 1.82) is 0 Å². The Bertz CT molecular complexity index is 971. The number of anilines is 2. The molecule has 1 fully saturated rings. The Morgan fingerprint density at radius 3 is 2.64 bits per heavy atom. The number of sulfonamides is 1. The van der Waals surface area contributed by atoms with Gasteiger partial charge in [-0.3, -0.25) is 14.4 Å². The van der Waals surface area contributed by atoms with Crippen molar-refractivity contribution in [1.82, 2.24) is 4.98 Å². The Kier molecular flexibility index (Phi) is 5.50. The Labute approximate surface area is 169 Å². The highest BCUT2D eigenvalue weighted by atomic mass is 32.2. The van der Waals surface area contributed by atoms with Gasteiger partial charge in [0.15, 0.2) is 5.13 Å². The largest absolute Gasteiger partial charge is 0.298 e. The van der Waals surface area contributed by atoms with Gasteiger partial charge in [0.1, 0.15) is 0 Å². The van der Waals surface area contributed by atoms with Crippen molar-refractivity contribution in [3.05, 3.63) is 46.5 Å². The van der Waals surface area contributed by atoms with Gasteiger partial charge >= 0.3 is 0 Å². The van der Waals surface area contributed by atoms with Gasteiger partial charge in [-0.15, -0.1) is 11.3 Å². The average Bonchev–Trinajstić information content (AvgIpc) is 3.14. The second-order valence-electron chi connectivity index (χ2n) is 7.11. The van der Waals surface area contributed by atoms with Crippen LogP contribution in [0.4, 0.5) is 10.8 Å². The number of amides is 1. The molecular weight excluding hydrogens is 394 g/mol. The molecule has 1 aliphatic heterocycles. The van der Waals surface area contributed by atoms with E-state index in [9.17, 15) is 13.2 Å². The molecule has 0 bridgehead atoms. The van der Waals surface area contributed by atoms with Crippen LogP contribution in [0.15, 0.2) is 30.3 Å². The highest BCUT2D eigenvalue weighted by Gasteiger charge is 2.28. The highest BCUT2D eigenvalue weighted by molar-refractivity contribution is 7.93. The van der Waals surface area contributed by atoms with Crippen LogP contribution in [0.3, 0.4) is 0 Å². The standard InChI is InChI=1S/C20H23N3O3S2/c24-19(22-20-21-17-5-2-1-3-6-18(17)27-20)12-9-15-7-10-16(11-8-15)23-13-4-14-28(23,25)26/h7-12H,1-6,13-14H2,(H,21,22,24). The van der Waals surface area contributed by atoms with Crippen LogP contribution in [-0.2, 0) is 27.7 Å². The first-order valence-electron chi connectivity index (χ1n) is 9.59. The fraction of sp³-hybridized carbons (Fsp3) is 0.400. The lowest BCUT2D eigenvalue weighted by molar-refractivity contribution is -0.111. The van der Waals surface area contributed by atoms with E-state index in [-0.39, 0.29) is 11.7 Å². The zero-order valence-electron chi connectivity index (χ0n) is 15.6. The molecule has 0 spiro atoms. The van der Waals surface area contributed by atoms with E-state index in [0.717, 1.165) is 24.1 Å². The third kappa shape index (κ3) is 4.28. The van der Waals surface area contributed by atoms with Gasteiger partial charge in [0, 0.05) is 17.5 Å². The third-order valence-corrected chi connectivity index (χ3v) is 7.98. The van der Waals surface area contributed by atoms with E-state index in [4.69, 9.17) is 0 Å². The summed E-state index contributed by atoms with van der Waals surface area (Å²) >= 11 is 1.58. The predicted octanol–water partition coefficient (Wildman–Crippen LogP) is 3.60. The molecule has 2 heterocycles. The Hall–Kier alpha value is -2.19. The van der Waals surface area contributed by atoms with Crippen molar-refractivity contribution in [2.75, 3.05) is 21.9 Å². The van der Waals surface area contributed by atoms with Crippen LogP contribution >= 0.6 is 11.3 Å². The van der Waals surface area contributed by atoms with Crippen molar-refractivity contribution in [3.63, 3.8) is 0 Å². The smallest absolute Gasteiger partial charge is 0.250 e. The maximum Gasteiger partial charge on any atom is 0.250 e. The van der Waals surface area contributed by atoms with Gasteiger partial charge in [0.05, 0.1) is 17.1 Å². The van der Waals surface area contributed by atoms with Gasteiger partial charge in [-0.1, -0.05) is 18.6 Å². The molecule has 0 atom stereocenters. The van der Waals surface area contributed by atoms with E-state index in [1.165, 1.54) is 34.5 Å². The number of thiazole rings is 1. The zero-order chi connectivity index (χ0) is 19.6. The number of hydrogen-bond acceptors (Lipinski definition) is 5. The van der Waals surface area contributed by atoms with Crippen LogP contribution < -0.4 is 9.62 Å². The summed E-state index contributed by atoms with van der Waals surface area (Å²) in [4.78, 5) is 18.1. The Morgan fingerprint density at radius 1 is 1.11 bits per heavy atom. The monoisotopic (exact) mass is 417 g/mol. The number of aryl methyl sites for hydroxylation is 2. The maximum atomic E-state index is 12.2. The number of hydrogen-bond donors (Lipinski definition) is 1. The van der Waals surface area contributed by atoms with Crippen LogP contribution in [0, 0.1) is 0 Å².